The van der Waals surface area contributed by atoms with Gasteiger partial charge in [-0.3, -0.25) is 0 Å². The highest BCUT2D eigenvalue weighted by Gasteiger charge is 2.27. The van der Waals surface area contributed by atoms with E-state index in [0.717, 1.165) is 78.4 Å². The van der Waals surface area contributed by atoms with E-state index in [9.17, 15) is 0 Å². The molecule has 274 valence electrons. The number of furan rings is 1. The highest BCUT2D eigenvalue weighted by atomic mass is 16.3. The maximum atomic E-state index is 6.81. The summed E-state index contributed by atoms with van der Waals surface area (Å²) in [5, 5.41) is 8.51. The Morgan fingerprint density at radius 2 is 1.12 bits per heavy atom. The normalized spacial score (nSPS) is 14.8. The Kier molecular flexibility index (Phi) is 8.18. The highest BCUT2D eigenvalue weighted by Crippen LogP contribution is 2.43. The van der Waals surface area contributed by atoms with Gasteiger partial charge in [0.1, 0.15) is 11.2 Å². The molecule has 1 aliphatic heterocycles. The van der Waals surface area contributed by atoms with E-state index in [0.29, 0.717) is 0 Å². The minimum Gasteiger partial charge on any atom is -0.455 e. The number of allylic oxidation sites excluding steroid dienone is 2. The van der Waals surface area contributed by atoms with Crippen LogP contribution < -0.4 is 10.2 Å². The number of benzene rings is 8. The van der Waals surface area contributed by atoms with E-state index in [1.54, 1.807) is 0 Å². The largest absolute Gasteiger partial charge is 0.455 e. The number of anilines is 3. The van der Waals surface area contributed by atoms with E-state index in [4.69, 9.17) is 9.41 Å². The molecule has 11 rings (SSSR count). The van der Waals surface area contributed by atoms with Crippen LogP contribution in [0.5, 0.6) is 0 Å². The smallest absolute Gasteiger partial charge is 0.143 e. The van der Waals surface area contributed by atoms with Crippen LogP contribution in [0.2, 0.25) is 0 Å². The average Bonchev–Trinajstić information content (AvgIpc) is 3.69. The zero-order chi connectivity index (χ0) is 38.4. The van der Waals surface area contributed by atoms with Crippen molar-refractivity contribution < 1.29 is 4.42 Å². The maximum absolute atomic E-state index is 6.81. The minimum absolute atomic E-state index is 0.0433. The topological polar surface area (TPSA) is 40.8 Å². The molecule has 1 aliphatic carbocycles. The van der Waals surface area contributed by atoms with Gasteiger partial charge in [0.15, 0.2) is 0 Å². The number of rotatable bonds is 7. The lowest BCUT2D eigenvalue weighted by molar-refractivity contribution is 0.670. The Bertz CT molecular complexity index is 3080. The third-order valence-electron chi connectivity index (χ3n) is 11.3. The number of fused-ring (bicyclic) bond motifs is 5. The van der Waals surface area contributed by atoms with Gasteiger partial charge in [-0.25, -0.2) is 4.99 Å². The van der Waals surface area contributed by atoms with Gasteiger partial charge in [-0.2, -0.15) is 0 Å². The lowest BCUT2D eigenvalue weighted by Crippen LogP contribution is -2.37. The van der Waals surface area contributed by atoms with Crippen molar-refractivity contribution in [2.24, 2.45) is 4.99 Å². The Balaban J connectivity index is 1.04. The summed E-state index contributed by atoms with van der Waals surface area (Å²) < 4.78 is 6.81. The van der Waals surface area contributed by atoms with Gasteiger partial charge in [-0.05, 0) is 88.1 Å². The second kappa shape index (κ2) is 14.1. The highest BCUT2D eigenvalue weighted by molar-refractivity contribution is 6.18. The molecule has 1 N–H and O–H groups in total. The van der Waals surface area contributed by atoms with Crippen LogP contribution in [0, 0.1) is 0 Å². The summed E-state index contributed by atoms with van der Waals surface area (Å²) in [4.78, 5) is 7.65. The second-order valence-electron chi connectivity index (χ2n) is 14.8. The van der Waals surface area contributed by atoms with Gasteiger partial charge < -0.3 is 14.6 Å². The fraction of sp³-hybridized carbons (Fsp3) is 0.0185. The van der Waals surface area contributed by atoms with Crippen LogP contribution in [0.3, 0.4) is 0 Å². The quantitative estimate of drug-likeness (QED) is 0.177. The second-order valence-corrected chi connectivity index (χ2v) is 14.8. The van der Waals surface area contributed by atoms with Gasteiger partial charge in [0.2, 0.25) is 0 Å². The molecule has 2 aliphatic rings. The fourth-order valence-corrected chi connectivity index (χ4v) is 8.43. The summed E-state index contributed by atoms with van der Waals surface area (Å²) in [6.07, 6.45) is 8.42. The molecule has 4 heteroatoms. The first-order valence-electron chi connectivity index (χ1n) is 19.7. The number of nitrogens with one attached hydrogen (secondary N) is 1. The lowest BCUT2D eigenvalue weighted by atomic mass is 9.92. The Labute approximate surface area is 337 Å². The lowest BCUT2D eigenvalue weighted by Gasteiger charge is -2.28. The summed E-state index contributed by atoms with van der Waals surface area (Å²) in [5.74, 6) is 0. The van der Waals surface area contributed by atoms with Crippen LogP contribution in [-0.2, 0) is 0 Å². The molecule has 0 radical (unpaired) electrons. The van der Waals surface area contributed by atoms with E-state index in [1.807, 2.05) is 6.07 Å². The zero-order valence-electron chi connectivity index (χ0n) is 31.6. The Morgan fingerprint density at radius 3 is 1.90 bits per heavy atom. The number of para-hydroxylation sites is 3. The third-order valence-corrected chi connectivity index (χ3v) is 11.3. The SMILES string of the molecule is C1=CC2=NC(c3ccc(-c4ccc5ccccc5c4)cc3)=C(c3ccc(-c4ccc(N(c5ccccc5)c5ccccc5)cc4)c4oc5ccccc5c34)NC2C=C1. The third kappa shape index (κ3) is 5.91. The fourth-order valence-electron chi connectivity index (χ4n) is 8.43. The summed E-state index contributed by atoms with van der Waals surface area (Å²) in [6.45, 7) is 0. The zero-order valence-corrected chi connectivity index (χ0v) is 31.6. The van der Waals surface area contributed by atoms with Gasteiger partial charge >= 0.3 is 0 Å². The van der Waals surface area contributed by atoms with Gasteiger partial charge in [-0.15, -0.1) is 0 Å². The molecule has 58 heavy (non-hydrogen) atoms. The maximum Gasteiger partial charge on any atom is 0.143 e. The van der Waals surface area contributed by atoms with Crippen molar-refractivity contribution in [3.63, 3.8) is 0 Å². The molecule has 0 bridgehead atoms. The number of aliphatic imine (C=N–C) groups is 1. The number of hydrogen-bond donors (Lipinski definition) is 1. The van der Waals surface area contributed by atoms with Crippen molar-refractivity contribution in [2.75, 3.05) is 4.90 Å². The molecule has 1 atom stereocenters. The molecule has 4 nitrogen and oxygen atoms in total. The van der Waals surface area contributed by atoms with Gasteiger partial charge in [0, 0.05) is 44.5 Å². The number of nitrogens with zero attached hydrogens (tertiary/aromatic N) is 2. The molecule has 0 saturated carbocycles. The molecule has 9 aromatic rings. The monoisotopic (exact) mass is 743 g/mol. The van der Waals surface area contributed by atoms with Crippen LogP contribution in [-0.4, -0.2) is 11.8 Å². The summed E-state index contributed by atoms with van der Waals surface area (Å²) in [6, 6.07) is 66.5. The predicted molar refractivity (Wildman–Crippen MR) is 243 cm³/mol. The first kappa shape index (κ1) is 33.6. The number of hydrogen-bond acceptors (Lipinski definition) is 4. The van der Waals surface area contributed by atoms with E-state index < -0.39 is 0 Å². The van der Waals surface area contributed by atoms with Crippen molar-refractivity contribution in [3.8, 4) is 22.3 Å². The van der Waals surface area contributed by atoms with Crippen molar-refractivity contribution >= 4 is 66.9 Å². The summed E-state index contributed by atoms with van der Waals surface area (Å²) in [7, 11) is 0. The molecule has 0 fully saturated rings. The summed E-state index contributed by atoms with van der Waals surface area (Å²) >= 11 is 0. The summed E-state index contributed by atoms with van der Waals surface area (Å²) in [5.41, 5.74) is 14.4. The van der Waals surface area contributed by atoms with Crippen molar-refractivity contribution in [3.05, 3.63) is 223 Å². The van der Waals surface area contributed by atoms with Crippen LogP contribution in [0.25, 0.3) is 66.4 Å². The molecular formula is C54H37N3O. The molecule has 0 saturated heterocycles. The van der Waals surface area contributed by atoms with Crippen LogP contribution in [0.1, 0.15) is 11.1 Å². The average molecular weight is 744 g/mol. The van der Waals surface area contributed by atoms with Crippen molar-refractivity contribution in [1.82, 2.24) is 5.32 Å². The first-order valence-corrected chi connectivity index (χ1v) is 19.7. The molecule has 1 aromatic heterocycles. The van der Waals surface area contributed by atoms with E-state index in [2.05, 4.69) is 217 Å². The molecule has 2 heterocycles. The van der Waals surface area contributed by atoms with Crippen LogP contribution >= 0.6 is 0 Å². The molecular weight excluding hydrogens is 707 g/mol. The molecule has 8 aromatic carbocycles. The molecule has 1 unspecified atom stereocenters. The molecule has 0 amide bonds. The van der Waals surface area contributed by atoms with Crippen LogP contribution in [0.15, 0.2) is 222 Å². The van der Waals surface area contributed by atoms with Crippen molar-refractivity contribution in [1.29, 1.82) is 0 Å². The minimum atomic E-state index is -0.0433. The Hall–Kier alpha value is -7.69. The predicted octanol–water partition coefficient (Wildman–Crippen LogP) is 13.9. The standard InChI is InChI=1S/C54H37N3O/c1-3-15-42(16-4-1)57(43-17-5-2-6-18-43)44-31-29-38(30-32-44)45-33-34-47(51-46-19-9-12-22-50(46)58-54(45)51)53-52(55-48-20-10-11-21-49(48)56-53)39-26-23-37(24-27-39)41-28-25-36-13-7-8-14-40(36)35-41/h1-35,49,56H. The van der Waals surface area contributed by atoms with Gasteiger partial charge in [-0.1, -0.05) is 152 Å². The molecule has 0 spiro atoms. The van der Waals surface area contributed by atoms with E-state index in [1.165, 1.54) is 21.9 Å². The van der Waals surface area contributed by atoms with Gasteiger partial charge in [0.05, 0.1) is 23.1 Å². The van der Waals surface area contributed by atoms with Crippen molar-refractivity contribution in [2.45, 2.75) is 6.04 Å². The van der Waals surface area contributed by atoms with Gasteiger partial charge in [0.25, 0.3) is 0 Å². The van der Waals surface area contributed by atoms with Crippen LogP contribution in [0.4, 0.5) is 17.1 Å². The van der Waals surface area contributed by atoms with E-state index >= 15 is 0 Å². The van der Waals surface area contributed by atoms with E-state index in [-0.39, 0.29) is 6.04 Å². The first-order chi connectivity index (χ1) is 28.7. The Morgan fingerprint density at radius 1 is 0.500 bits per heavy atom.